The average Bonchev–Trinajstić information content (AvgIpc) is 3.80. The number of thiophene rings is 1. The molecule has 10 nitrogen and oxygen atoms in total. The first-order valence-electron chi connectivity index (χ1n) is 16.8. The number of phenols is 1. The number of carbonyl (C=O) groups is 4. The van der Waals surface area contributed by atoms with Crippen LogP contribution < -0.4 is 10.2 Å². The zero-order chi connectivity index (χ0) is 38.3. The maximum atomic E-state index is 15.3. The summed E-state index contributed by atoms with van der Waals surface area (Å²) in [6, 6.07) is 15.4. The summed E-state index contributed by atoms with van der Waals surface area (Å²) in [4.78, 5) is 64.1. The van der Waals surface area contributed by atoms with E-state index in [1.165, 1.54) is 35.5 Å². The highest BCUT2D eigenvalue weighted by molar-refractivity contribution is 7.09. The van der Waals surface area contributed by atoms with Crippen molar-refractivity contribution >= 4 is 64.0 Å². The van der Waals surface area contributed by atoms with E-state index in [9.17, 15) is 32.7 Å². The largest absolute Gasteiger partial charge is 0.504 e. The molecule has 2 N–H and O–H groups in total. The number of phenolic OH excluding ortho intramolecular Hbond substituents is 1. The standard InChI is InChI=1S/C38H29Cl2F3N4O6S/c1-53-29-11-4-18(13-28(29)48)31-23-9-10-24-30(35(51)46(33(24)49)17-22-3-2-12-54-22)25(23)15-26-34(50)47(36(52)37(26,31)19-5-7-21(39)8-6-19)45-32-27(40)14-20(16-44-32)38(41,42)43/h2-9,11-14,16,24-26,30-31,48H,10,15,17H2,1H3,(H,44,45). The van der Waals surface area contributed by atoms with E-state index in [0.29, 0.717) is 34.0 Å². The number of hydrogen-bond donors (Lipinski definition) is 2. The van der Waals surface area contributed by atoms with Crippen molar-refractivity contribution in [3.63, 3.8) is 0 Å². The molecule has 4 amide bonds. The molecule has 6 unspecified atom stereocenters. The van der Waals surface area contributed by atoms with E-state index in [1.54, 1.807) is 30.3 Å². The van der Waals surface area contributed by atoms with Crippen LogP contribution in [-0.4, -0.2) is 50.7 Å². The van der Waals surface area contributed by atoms with Gasteiger partial charge in [0.15, 0.2) is 17.3 Å². The molecule has 2 aromatic carbocycles. The molecule has 6 atom stereocenters. The summed E-state index contributed by atoms with van der Waals surface area (Å²) in [6.45, 7) is 0.105. The second-order valence-corrected chi connectivity index (χ2v) is 15.6. The topological polar surface area (TPSA) is 129 Å². The van der Waals surface area contributed by atoms with Gasteiger partial charge in [0, 0.05) is 22.0 Å². The van der Waals surface area contributed by atoms with Gasteiger partial charge in [0.05, 0.1) is 47.4 Å². The number of ether oxygens (including phenoxy) is 1. The number of methoxy groups -OCH3 is 1. The normalized spacial score (nSPS) is 26.4. The van der Waals surface area contributed by atoms with Gasteiger partial charge < -0.3 is 9.84 Å². The Balaban J connectivity index is 1.30. The van der Waals surface area contributed by atoms with Crippen LogP contribution in [0.2, 0.25) is 10.0 Å². The Labute approximate surface area is 320 Å². The molecule has 54 heavy (non-hydrogen) atoms. The number of carbonyl (C=O) groups excluding carboxylic acids is 4. The van der Waals surface area contributed by atoms with Crippen molar-refractivity contribution in [2.24, 2.45) is 23.7 Å². The number of hydrogen-bond acceptors (Lipinski definition) is 9. The van der Waals surface area contributed by atoms with Gasteiger partial charge in [-0.15, -0.1) is 11.3 Å². The van der Waals surface area contributed by atoms with Gasteiger partial charge in [0.1, 0.15) is 0 Å². The third kappa shape index (κ3) is 5.48. The number of benzene rings is 2. The first kappa shape index (κ1) is 36.1. The Hall–Kier alpha value is -4.92. The summed E-state index contributed by atoms with van der Waals surface area (Å²) in [5.41, 5.74) is 1.18. The molecule has 4 heterocycles. The Morgan fingerprint density at radius 1 is 1.02 bits per heavy atom. The zero-order valence-electron chi connectivity index (χ0n) is 28.1. The molecule has 3 fully saturated rings. The molecule has 0 radical (unpaired) electrons. The van der Waals surface area contributed by atoms with Gasteiger partial charge in [0.2, 0.25) is 11.8 Å². The average molecular weight is 798 g/mol. The molecule has 16 heteroatoms. The lowest BCUT2D eigenvalue weighted by Crippen LogP contribution is -2.53. The summed E-state index contributed by atoms with van der Waals surface area (Å²) in [7, 11) is 1.38. The number of amides is 4. The van der Waals surface area contributed by atoms with Crippen LogP contribution in [0.15, 0.2) is 83.9 Å². The maximum Gasteiger partial charge on any atom is 0.417 e. The zero-order valence-corrected chi connectivity index (χ0v) is 30.5. The molecule has 8 rings (SSSR count). The SMILES string of the molecule is COc1ccc(C2C3=CCC4C(=O)N(Cc5cccs5)C(=O)C4C3CC3C(=O)N(Nc4ncc(C(F)(F)F)cc4Cl)C(=O)C32c2ccc(Cl)cc2)cc1O. The van der Waals surface area contributed by atoms with Crippen molar-refractivity contribution in [2.75, 3.05) is 12.5 Å². The molecule has 0 bridgehead atoms. The summed E-state index contributed by atoms with van der Waals surface area (Å²) >= 11 is 14.0. The fourth-order valence-electron chi connectivity index (χ4n) is 8.82. The minimum Gasteiger partial charge on any atom is -0.504 e. The maximum absolute atomic E-state index is 15.3. The van der Waals surface area contributed by atoms with Crippen LogP contribution >= 0.6 is 34.5 Å². The minimum absolute atomic E-state index is 0.0307. The molecule has 4 aliphatic rings. The third-order valence-electron chi connectivity index (χ3n) is 11.1. The molecular weight excluding hydrogens is 768 g/mol. The lowest BCUT2D eigenvalue weighted by atomic mass is 9.49. The van der Waals surface area contributed by atoms with Crippen molar-refractivity contribution < 1.29 is 42.2 Å². The second-order valence-electron chi connectivity index (χ2n) is 13.7. The molecule has 278 valence electrons. The van der Waals surface area contributed by atoms with Gasteiger partial charge in [0.25, 0.3) is 11.8 Å². The number of allylic oxidation sites excluding steroid dienone is 2. The minimum atomic E-state index is -4.75. The van der Waals surface area contributed by atoms with E-state index < -0.39 is 63.6 Å². The monoisotopic (exact) mass is 796 g/mol. The number of alkyl halides is 3. The van der Waals surface area contributed by atoms with Crippen LogP contribution in [0.1, 0.15) is 40.3 Å². The van der Waals surface area contributed by atoms with Crippen molar-refractivity contribution in [1.82, 2.24) is 14.9 Å². The number of nitrogens with one attached hydrogen (secondary N) is 1. The first-order chi connectivity index (χ1) is 25.7. The molecule has 2 saturated heterocycles. The van der Waals surface area contributed by atoms with E-state index in [2.05, 4.69) is 10.4 Å². The fraction of sp³-hybridized carbons (Fsp3) is 0.289. The molecule has 4 aromatic rings. The summed E-state index contributed by atoms with van der Waals surface area (Å²) in [5.74, 6) is -7.07. The van der Waals surface area contributed by atoms with E-state index in [-0.39, 0.29) is 48.5 Å². The Morgan fingerprint density at radius 3 is 2.43 bits per heavy atom. The van der Waals surface area contributed by atoms with Crippen molar-refractivity contribution in [3.8, 4) is 11.5 Å². The molecule has 2 aliphatic heterocycles. The van der Waals surface area contributed by atoms with Crippen molar-refractivity contribution in [3.05, 3.63) is 116 Å². The Morgan fingerprint density at radius 2 is 1.78 bits per heavy atom. The molecule has 2 aromatic heterocycles. The lowest BCUT2D eigenvalue weighted by Gasteiger charge is -2.50. The van der Waals surface area contributed by atoms with Crippen LogP contribution in [0, 0.1) is 23.7 Å². The number of rotatable bonds is 7. The molecular formula is C38H29Cl2F3N4O6S. The van der Waals surface area contributed by atoms with Crippen LogP contribution in [0.4, 0.5) is 19.0 Å². The van der Waals surface area contributed by atoms with Crippen LogP contribution in [0.5, 0.6) is 11.5 Å². The summed E-state index contributed by atoms with van der Waals surface area (Å²) in [6.07, 6.45) is -2.18. The predicted octanol–water partition coefficient (Wildman–Crippen LogP) is 7.37. The summed E-state index contributed by atoms with van der Waals surface area (Å²) < 4.78 is 45.7. The number of aromatic hydroxyl groups is 1. The number of likely N-dealkylation sites (tertiary alicyclic amines) is 1. The number of fused-ring (bicyclic) bond motifs is 4. The van der Waals surface area contributed by atoms with E-state index in [4.69, 9.17) is 27.9 Å². The number of halogens is 5. The van der Waals surface area contributed by atoms with Crippen molar-refractivity contribution in [1.29, 1.82) is 0 Å². The first-order valence-corrected chi connectivity index (χ1v) is 18.5. The highest BCUT2D eigenvalue weighted by Crippen LogP contribution is 2.64. The number of pyridine rings is 1. The van der Waals surface area contributed by atoms with Gasteiger partial charge in [-0.2, -0.15) is 18.2 Å². The van der Waals surface area contributed by atoms with Gasteiger partial charge >= 0.3 is 6.18 Å². The smallest absolute Gasteiger partial charge is 0.417 e. The molecule has 2 aliphatic carbocycles. The second kappa shape index (κ2) is 13.1. The van der Waals surface area contributed by atoms with Gasteiger partial charge in [-0.25, -0.2) is 4.98 Å². The van der Waals surface area contributed by atoms with Crippen LogP contribution in [-0.2, 0) is 37.3 Å². The number of imide groups is 2. The summed E-state index contributed by atoms with van der Waals surface area (Å²) in [5, 5.41) is 13.5. The number of nitrogens with zero attached hydrogens (tertiary/aromatic N) is 3. The van der Waals surface area contributed by atoms with E-state index in [0.717, 1.165) is 9.89 Å². The van der Waals surface area contributed by atoms with E-state index >= 15 is 4.79 Å². The fourth-order valence-corrected chi connectivity index (χ4v) is 9.85. The van der Waals surface area contributed by atoms with E-state index in [1.807, 2.05) is 23.6 Å². The van der Waals surface area contributed by atoms with Crippen molar-refractivity contribution in [2.45, 2.75) is 36.9 Å². The molecule has 0 spiro atoms. The van der Waals surface area contributed by atoms with Gasteiger partial charge in [-0.3, -0.25) is 29.5 Å². The van der Waals surface area contributed by atoms with Gasteiger partial charge in [-0.05, 0) is 71.7 Å². The highest BCUT2D eigenvalue weighted by atomic mass is 35.5. The lowest BCUT2D eigenvalue weighted by molar-refractivity contribution is -0.142. The molecule has 1 saturated carbocycles. The number of anilines is 1. The van der Waals surface area contributed by atoms with Crippen LogP contribution in [0.25, 0.3) is 0 Å². The Bertz CT molecular complexity index is 2250. The Kier molecular flexibility index (Phi) is 8.77. The third-order valence-corrected chi connectivity index (χ3v) is 12.5. The predicted molar refractivity (Wildman–Crippen MR) is 191 cm³/mol. The highest BCUT2D eigenvalue weighted by Gasteiger charge is 2.70. The van der Waals surface area contributed by atoms with Crippen LogP contribution in [0.3, 0.4) is 0 Å². The number of hydrazine groups is 1. The van der Waals surface area contributed by atoms with Gasteiger partial charge in [-0.1, -0.05) is 59.1 Å². The quantitative estimate of drug-likeness (QED) is 0.147. The number of aromatic nitrogens is 1.